The molecular weight excluding hydrogens is 276 g/mol. The van der Waals surface area contributed by atoms with Gasteiger partial charge in [-0.1, -0.05) is 22.0 Å². The Morgan fingerprint density at radius 2 is 2.24 bits per heavy atom. The average molecular weight is 293 g/mol. The van der Waals surface area contributed by atoms with E-state index < -0.39 is 0 Å². The SMILES string of the molecule is Cc1ccc(Br)cc1CCNCC1(C#N)CC1. The Morgan fingerprint density at radius 1 is 1.47 bits per heavy atom. The van der Waals surface area contributed by atoms with Crippen LogP contribution in [0.5, 0.6) is 0 Å². The summed E-state index contributed by atoms with van der Waals surface area (Å²) in [4.78, 5) is 0. The van der Waals surface area contributed by atoms with Crippen molar-refractivity contribution in [3.8, 4) is 6.07 Å². The van der Waals surface area contributed by atoms with E-state index in [4.69, 9.17) is 5.26 Å². The molecule has 1 fully saturated rings. The van der Waals surface area contributed by atoms with Gasteiger partial charge >= 0.3 is 0 Å². The van der Waals surface area contributed by atoms with Crippen molar-refractivity contribution < 1.29 is 0 Å². The Morgan fingerprint density at radius 3 is 2.88 bits per heavy atom. The van der Waals surface area contributed by atoms with E-state index in [2.05, 4.69) is 52.4 Å². The summed E-state index contributed by atoms with van der Waals surface area (Å²) in [7, 11) is 0. The fourth-order valence-electron chi connectivity index (χ4n) is 1.94. The molecule has 1 aliphatic carbocycles. The fourth-order valence-corrected chi connectivity index (χ4v) is 2.35. The van der Waals surface area contributed by atoms with Gasteiger partial charge in [-0.25, -0.2) is 0 Å². The van der Waals surface area contributed by atoms with Gasteiger partial charge in [-0.2, -0.15) is 5.26 Å². The maximum Gasteiger partial charge on any atom is 0.0703 e. The van der Waals surface area contributed by atoms with Crippen molar-refractivity contribution in [2.75, 3.05) is 13.1 Å². The first-order valence-electron chi connectivity index (χ1n) is 6.02. The van der Waals surface area contributed by atoms with Crippen LogP contribution in [0.25, 0.3) is 0 Å². The minimum atomic E-state index is -0.0354. The molecule has 1 aromatic rings. The molecule has 1 aromatic carbocycles. The summed E-state index contributed by atoms with van der Waals surface area (Å²) < 4.78 is 1.13. The highest BCUT2D eigenvalue weighted by Gasteiger charge is 2.42. The van der Waals surface area contributed by atoms with Gasteiger partial charge in [0.15, 0.2) is 0 Å². The van der Waals surface area contributed by atoms with Gasteiger partial charge < -0.3 is 5.32 Å². The molecule has 0 aliphatic heterocycles. The lowest BCUT2D eigenvalue weighted by molar-refractivity contribution is 0.560. The third-order valence-electron chi connectivity index (χ3n) is 3.44. The maximum atomic E-state index is 8.96. The lowest BCUT2D eigenvalue weighted by Gasteiger charge is -2.10. The van der Waals surface area contributed by atoms with Crippen molar-refractivity contribution in [1.29, 1.82) is 5.26 Å². The van der Waals surface area contributed by atoms with Crippen LogP contribution in [0.2, 0.25) is 0 Å². The monoisotopic (exact) mass is 292 g/mol. The van der Waals surface area contributed by atoms with Crippen molar-refractivity contribution in [2.24, 2.45) is 5.41 Å². The summed E-state index contributed by atoms with van der Waals surface area (Å²) >= 11 is 3.49. The van der Waals surface area contributed by atoms with Crippen LogP contribution < -0.4 is 5.32 Å². The number of nitrogens with zero attached hydrogens (tertiary/aromatic N) is 1. The third-order valence-corrected chi connectivity index (χ3v) is 3.93. The van der Waals surface area contributed by atoms with E-state index in [0.717, 1.165) is 36.8 Å². The molecule has 0 aromatic heterocycles. The van der Waals surface area contributed by atoms with E-state index in [1.165, 1.54) is 11.1 Å². The van der Waals surface area contributed by atoms with Gasteiger partial charge in [0.05, 0.1) is 11.5 Å². The molecule has 0 heterocycles. The Balaban J connectivity index is 1.78. The summed E-state index contributed by atoms with van der Waals surface area (Å²) in [6.45, 7) is 3.93. The van der Waals surface area contributed by atoms with Crippen LogP contribution in [0.4, 0.5) is 0 Å². The number of aryl methyl sites for hydroxylation is 1. The average Bonchev–Trinajstić information content (AvgIpc) is 3.10. The normalized spacial score (nSPS) is 16.5. The molecule has 0 bridgehead atoms. The largest absolute Gasteiger partial charge is 0.315 e. The highest BCUT2D eigenvalue weighted by atomic mass is 79.9. The van der Waals surface area contributed by atoms with E-state index in [-0.39, 0.29) is 5.41 Å². The zero-order valence-electron chi connectivity index (χ0n) is 10.1. The molecule has 1 aliphatic rings. The van der Waals surface area contributed by atoms with Gasteiger partial charge in [-0.05, 0) is 56.0 Å². The second-order valence-electron chi connectivity index (χ2n) is 4.89. The van der Waals surface area contributed by atoms with Gasteiger partial charge in [0, 0.05) is 11.0 Å². The topological polar surface area (TPSA) is 35.8 Å². The Hall–Kier alpha value is -0.850. The first-order valence-corrected chi connectivity index (χ1v) is 6.81. The van der Waals surface area contributed by atoms with Crippen LogP contribution >= 0.6 is 15.9 Å². The van der Waals surface area contributed by atoms with E-state index in [0.29, 0.717) is 0 Å². The molecule has 0 radical (unpaired) electrons. The van der Waals surface area contributed by atoms with E-state index >= 15 is 0 Å². The summed E-state index contributed by atoms with van der Waals surface area (Å²) in [5, 5.41) is 12.4. The van der Waals surface area contributed by atoms with Crippen molar-refractivity contribution in [2.45, 2.75) is 26.2 Å². The molecule has 17 heavy (non-hydrogen) atoms. The van der Waals surface area contributed by atoms with Crippen molar-refractivity contribution in [3.63, 3.8) is 0 Å². The van der Waals surface area contributed by atoms with Gasteiger partial charge in [0.25, 0.3) is 0 Å². The smallest absolute Gasteiger partial charge is 0.0703 e. The second kappa shape index (κ2) is 5.20. The number of nitriles is 1. The Labute approximate surface area is 111 Å². The lowest BCUT2D eigenvalue weighted by Crippen LogP contribution is -2.25. The van der Waals surface area contributed by atoms with Crippen LogP contribution in [0, 0.1) is 23.7 Å². The molecule has 2 rings (SSSR count). The number of hydrogen-bond donors (Lipinski definition) is 1. The number of rotatable bonds is 5. The third kappa shape index (κ3) is 3.31. The van der Waals surface area contributed by atoms with Crippen LogP contribution in [-0.4, -0.2) is 13.1 Å². The molecule has 0 spiro atoms. The summed E-state index contributed by atoms with van der Waals surface area (Å²) in [6.07, 6.45) is 3.14. The molecule has 0 unspecified atom stereocenters. The van der Waals surface area contributed by atoms with Crippen LogP contribution in [0.1, 0.15) is 24.0 Å². The highest BCUT2D eigenvalue weighted by molar-refractivity contribution is 9.10. The number of nitrogens with one attached hydrogen (secondary N) is 1. The molecule has 0 amide bonds. The highest BCUT2D eigenvalue weighted by Crippen LogP contribution is 2.43. The zero-order chi connectivity index (χ0) is 12.3. The molecule has 2 nitrogen and oxygen atoms in total. The van der Waals surface area contributed by atoms with Crippen LogP contribution in [-0.2, 0) is 6.42 Å². The molecule has 3 heteroatoms. The zero-order valence-corrected chi connectivity index (χ0v) is 11.7. The van der Waals surface area contributed by atoms with Gasteiger partial charge in [-0.3, -0.25) is 0 Å². The number of benzene rings is 1. The number of hydrogen-bond acceptors (Lipinski definition) is 2. The second-order valence-corrected chi connectivity index (χ2v) is 5.81. The molecule has 90 valence electrons. The standard InChI is InChI=1S/C14H17BrN2/c1-11-2-3-13(15)8-12(11)4-7-17-10-14(9-16)5-6-14/h2-3,8,17H,4-7,10H2,1H3. The summed E-state index contributed by atoms with van der Waals surface area (Å²) in [5.41, 5.74) is 2.66. The van der Waals surface area contributed by atoms with Crippen molar-refractivity contribution in [3.05, 3.63) is 33.8 Å². The van der Waals surface area contributed by atoms with E-state index in [1.807, 2.05) is 0 Å². The minimum absolute atomic E-state index is 0.0354. The minimum Gasteiger partial charge on any atom is -0.315 e. The van der Waals surface area contributed by atoms with Crippen LogP contribution in [0.15, 0.2) is 22.7 Å². The van der Waals surface area contributed by atoms with Gasteiger partial charge in [0.1, 0.15) is 0 Å². The van der Waals surface area contributed by atoms with Crippen LogP contribution in [0.3, 0.4) is 0 Å². The molecule has 1 saturated carbocycles. The predicted octanol–water partition coefficient (Wildman–Crippen LogP) is 3.19. The Kier molecular flexibility index (Phi) is 3.86. The van der Waals surface area contributed by atoms with Crippen molar-refractivity contribution in [1.82, 2.24) is 5.32 Å². The maximum absolute atomic E-state index is 8.96. The molecule has 0 atom stereocenters. The molecular formula is C14H17BrN2. The van der Waals surface area contributed by atoms with E-state index in [1.54, 1.807) is 0 Å². The number of halogens is 1. The quantitative estimate of drug-likeness (QED) is 0.846. The first-order chi connectivity index (χ1) is 8.15. The predicted molar refractivity (Wildman–Crippen MR) is 72.7 cm³/mol. The fraction of sp³-hybridized carbons (Fsp3) is 0.500. The van der Waals surface area contributed by atoms with Gasteiger partial charge in [-0.15, -0.1) is 0 Å². The summed E-state index contributed by atoms with van der Waals surface area (Å²) in [6, 6.07) is 8.78. The van der Waals surface area contributed by atoms with E-state index in [9.17, 15) is 0 Å². The lowest BCUT2D eigenvalue weighted by atomic mass is 10.1. The molecule has 1 N–H and O–H groups in total. The Bertz CT molecular complexity index is 444. The van der Waals surface area contributed by atoms with Crippen molar-refractivity contribution >= 4 is 15.9 Å². The first kappa shape index (κ1) is 12.6. The van der Waals surface area contributed by atoms with Gasteiger partial charge in [0.2, 0.25) is 0 Å². The molecule has 0 saturated heterocycles. The summed E-state index contributed by atoms with van der Waals surface area (Å²) in [5.74, 6) is 0.